The van der Waals surface area contributed by atoms with Crippen LogP contribution in [0.15, 0.2) is 30.3 Å². The molecule has 4 heterocycles. The third-order valence-corrected chi connectivity index (χ3v) is 7.68. The SMILES string of the molecule is N[C@@H]1CCCN(C(=O)c2cc3c4c(c2)nc(-c2cc5cc(F)c(F)cc5n2CC2CC2)n4CCO3)C1. The molecule has 2 aliphatic heterocycles. The number of amides is 1. The molecule has 36 heavy (non-hydrogen) atoms. The fraction of sp³-hybridized carbons (Fsp3) is 0.407. The predicted molar refractivity (Wildman–Crippen MR) is 132 cm³/mol. The average molecular weight is 492 g/mol. The van der Waals surface area contributed by atoms with Crippen LogP contribution >= 0.6 is 0 Å². The van der Waals surface area contributed by atoms with Crippen LogP contribution in [-0.4, -0.2) is 50.7 Å². The van der Waals surface area contributed by atoms with Crippen LogP contribution < -0.4 is 10.5 Å². The second-order valence-corrected chi connectivity index (χ2v) is 10.3. The molecule has 4 aromatic rings. The number of carbonyl (C=O) groups is 1. The Morgan fingerprint density at radius 1 is 1.08 bits per heavy atom. The van der Waals surface area contributed by atoms with E-state index in [0.29, 0.717) is 59.9 Å². The van der Waals surface area contributed by atoms with Crippen molar-refractivity contribution in [3.05, 3.63) is 47.5 Å². The first-order valence-electron chi connectivity index (χ1n) is 12.7. The van der Waals surface area contributed by atoms with E-state index in [4.69, 9.17) is 15.5 Å². The number of rotatable bonds is 4. The minimum Gasteiger partial charge on any atom is -0.489 e. The molecule has 1 aliphatic carbocycles. The summed E-state index contributed by atoms with van der Waals surface area (Å²) < 4.78 is 38.4. The summed E-state index contributed by atoms with van der Waals surface area (Å²) in [6.07, 6.45) is 4.07. The van der Waals surface area contributed by atoms with Crippen molar-refractivity contribution in [3.63, 3.8) is 0 Å². The molecule has 186 valence electrons. The molecule has 0 unspecified atom stereocenters. The molecule has 9 heteroatoms. The summed E-state index contributed by atoms with van der Waals surface area (Å²) in [6, 6.07) is 8.05. The number of aromatic nitrogens is 3. The van der Waals surface area contributed by atoms with E-state index in [-0.39, 0.29) is 11.9 Å². The number of ether oxygens (including phenoxy) is 1. The van der Waals surface area contributed by atoms with Gasteiger partial charge in [0.2, 0.25) is 0 Å². The average Bonchev–Trinajstić information content (AvgIpc) is 3.53. The standard InChI is InChI=1S/C27H27F2N5O2/c28-19-8-16-10-23(34(13-15-3-4-15)22(16)12-20(19)29)26-31-21-9-17(11-24-25(21)33(26)6-7-36-24)27(35)32-5-1-2-18(30)14-32/h8-12,15,18H,1-7,13-14,30H2/t18-/m1/s1. The Labute approximate surface area is 206 Å². The number of nitrogens with two attached hydrogens (primary N) is 1. The van der Waals surface area contributed by atoms with E-state index in [1.165, 1.54) is 12.1 Å². The van der Waals surface area contributed by atoms with Crippen molar-refractivity contribution < 1.29 is 18.3 Å². The van der Waals surface area contributed by atoms with Crippen molar-refractivity contribution in [1.29, 1.82) is 0 Å². The lowest BCUT2D eigenvalue weighted by Crippen LogP contribution is -2.45. The van der Waals surface area contributed by atoms with Crippen molar-refractivity contribution in [2.24, 2.45) is 11.7 Å². The summed E-state index contributed by atoms with van der Waals surface area (Å²) in [4.78, 5) is 20.1. The van der Waals surface area contributed by atoms with E-state index >= 15 is 0 Å². The van der Waals surface area contributed by atoms with Crippen LogP contribution in [0.25, 0.3) is 33.5 Å². The largest absolute Gasteiger partial charge is 0.489 e. The summed E-state index contributed by atoms with van der Waals surface area (Å²) in [5.41, 5.74) is 9.64. The summed E-state index contributed by atoms with van der Waals surface area (Å²) in [7, 11) is 0. The first-order chi connectivity index (χ1) is 17.5. The Morgan fingerprint density at radius 2 is 1.92 bits per heavy atom. The maximum atomic E-state index is 14.2. The maximum Gasteiger partial charge on any atom is 0.254 e. The van der Waals surface area contributed by atoms with Crippen LogP contribution in [0.3, 0.4) is 0 Å². The van der Waals surface area contributed by atoms with Crippen LogP contribution in [0.1, 0.15) is 36.0 Å². The summed E-state index contributed by atoms with van der Waals surface area (Å²) >= 11 is 0. The zero-order valence-electron chi connectivity index (χ0n) is 19.8. The zero-order valence-corrected chi connectivity index (χ0v) is 19.8. The molecule has 1 amide bonds. The first-order valence-corrected chi connectivity index (χ1v) is 12.7. The highest BCUT2D eigenvalue weighted by molar-refractivity contribution is 6.00. The molecule has 3 aliphatic rings. The van der Waals surface area contributed by atoms with Gasteiger partial charge in [-0.15, -0.1) is 0 Å². The number of benzene rings is 2. The Kier molecular flexibility index (Phi) is 4.86. The maximum absolute atomic E-state index is 14.2. The van der Waals surface area contributed by atoms with Gasteiger partial charge < -0.3 is 24.5 Å². The topological polar surface area (TPSA) is 78.3 Å². The predicted octanol–water partition coefficient (Wildman–Crippen LogP) is 4.30. The highest BCUT2D eigenvalue weighted by Gasteiger charge is 2.29. The van der Waals surface area contributed by atoms with E-state index < -0.39 is 11.6 Å². The molecule has 1 saturated carbocycles. The summed E-state index contributed by atoms with van der Waals surface area (Å²) in [5.74, 6) is 0.0964. The summed E-state index contributed by atoms with van der Waals surface area (Å²) in [6.45, 7) is 3.01. The molecule has 0 bridgehead atoms. The molecule has 2 aromatic carbocycles. The normalized spacial score (nSPS) is 19.8. The van der Waals surface area contributed by atoms with Gasteiger partial charge in [-0.25, -0.2) is 13.8 Å². The molecule has 0 spiro atoms. The van der Waals surface area contributed by atoms with E-state index in [9.17, 15) is 13.6 Å². The Morgan fingerprint density at radius 3 is 2.72 bits per heavy atom. The molecule has 2 fully saturated rings. The van der Waals surface area contributed by atoms with Crippen molar-refractivity contribution in [2.45, 2.75) is 44.8 Å². The fourth-order valence-electron chi connectivity index (χ4n) is 5.70. The van der Waals surface area contributed by atoms with Crippen LogP contribution in [0.5, 0.6) is 5.75 Å². The first kappa shape index (κ1) is 21.8. The lowest BCUT2D eigenvalue weighted by Gasteiger charge is -2.31. The Balaban J connectivity index is 1.38. The van der Waals surface area contributed by atoms with Crippen molar-refractivity contribution in [2.75, 3.05) is 19.7 Å². The molecule has 2 N–H and O–H groups in total. The number of halogens is 2. The molecule has 2 aromatic heterocycles. The Hall–Kier alpha value is -3.46. The van der Waals surface area contributed by atoms with Gasteiger partial charge >= 0.3 is 0 Å². The van der Waals surface area contributed by atoms with Crippen LogP contribution in [0, 0.1) is 17.6 Å². The molecular weight excluding hydrogens is 464 g/mol. The van der Waals surface area contributed by atoms with Crippen LogP contribution in [0.2, 0.25) is 0 Å². The Bertz CT molecular complexity index is 1540. The smallest absolute Gasteiger partial charge is 0.254 e. The lowest BCUT2D eigenvalue weighted by molar-refractivity contribution is 0.0708. The minimum absolute atomic E-state index is 0.00472. The minimum atomic E-state index is -0.858. The van der Waals surface area contributed by atoms with Crippen LogP contribution in [-0.2, 0) is 13.1 Å². The van der Waals surface area contributed by atoms with Crippen molar-refractivity contribution in [3.8, 4) is 17.3 Å². The van der Waals surface area contributed by atoms with Gasteiger partial charge in [-0.05, 0) is 55.9 Å². The highest BCUT2D eigenvalue weighted by atomic mass is 19.2. The fourth-order valence-corrected chi connectivity index (χ4v) is 5.70. The number of nitrogens with zero attached hydrogens (tertiary/aromatic N) is 4. The van der Waals surface area contributed by atoms with Gasteiger partial charge in [-0.3, -0.25) is 4.79 Å². The molecule has 1 atom stereocenters. The highest BCUT2D eigenvalue weighted by Crippen LogP contribution is 2.39. The molecule has 1 saturated heterocycles. The number of likely N-dealkylation sites (tertiary alicyclic amines) is 1. The van der Waals surface area contributed by atoms with E-state index in [1.807, 2.05) is 12.1 Å². The van der Waals surface area contributed by atoms with E-state index in [2.05, 4.69) is 9.13 Å². The number of fused-ring (bicyclic) bond motifs is 1. The van der Waals surface area contributed by atoms with Crippen molar-refractivity contribution in [1.82, 2.24) is 19.0 Å². The third kappa shape index (κ3) is 3.48. The van der Waals surface area contributed by atoms with Crippen LogP contribution in [0.4, 0.5) is 8.78 Å². The second kappa shape index (κ2) is 8.03. The molecule has 7 rings (SSSR count). The molecule has 7 nitrogen and oxygen atoms in total. The van der Waals surface area contributed by atoms with Gasteiger partial charge in [0, 0.05) is 42.7 Å². The number of hydrogen-bond donors (Lipinski definition) is 1. The van der Waals surface area contributed by atoms with Gasteiger partial charge in [0.1, 0.15) is 17.9 Å². The number of piperidine rings is 1. The molecular formula is C27H27F2N5O2. The van der Waals surface area contributed by atoms with E-state index in [0.717, 1.165) is 49.3 Å². The summed E-state index contributed by atoms with van der Waals surface area (Å²) in [5, 5.41) is 0.647. The van der Waals surface area contributed by atoms with Gasteiger partial charge in [-0.1, -0.05) is 0 Å². The number of carbonyl (C=O) groups excluding carboxylic acids is 1. The van der Waals surface area contributed by atoms with Gasteiger partial charge in [-0.2, -0.15) is 0 Å². The monoisotopic (exact) mass is 491 g/mol. The molecule has 0 radical (unpaired) electrons. The van der Waals surface area contributed by atoms with Gasteiger partial charge in [0.05, 0.1) is 23.3 Å². The lowest BCUT2D eigenvalue weighted by atomic mass is 10.0. The number of imidazole rings is 1. The van der Waals surface area contributed by atoms with Crippen molar-refractivity contribution >= 4 is 27.8 Å². The zero-order chi connectivity index (χ0) is 24.6. The third-order valence-electron chi connectivity index (χ3n) is 7.68. The second-order valence-electron chi connectivity index (χ2n) is 10.3. The quantitative estimate of drug-likeness (QED) is 0.462. The number of hydrogen-bond acceptors (Lipinski definition) is 4. The van der Waals surface area contributed by atoms with Gasteiger partial charge in [0.15, 0.2) is 17.5 Å². The van der Waals surface area contributed by atoms with E-state index in [1.54, 1.807) is 11.0 Å². The van der Waals surface area contributed by atoms with Gasteiger partial charge in [0.25, 0.3) is 5.91 Å².